The Bertz CT molecular complexity index is 749. The summed E-state index contributed by atoms with van der Waals surface area (Å²) in [5.41, 5.74) is 0.671. The van der Waals surface area contributed by atoms with Gasteiger partial charge in [-0.2, -0.15) is 0 Å². The third-order valence-electron chi connectivity index (χ3n) is 6.33. The molecule has 8 nitrogen and oxygen atoms in total. The summed E-state index contributed by atoms with van der Waals surface area (Å²) < 4.78 is 0. The lowest BCUT2D eigenvalue weighted by atomic mass is 9.85. The van der Waals surface area contributed by atoms with Gasteiger partial charge in [0.1, 0.15) is 0 Å². The number of non-ortho nitro benzene ring substituents is 1. The molecule has 2 amide bonds. The molecule has 1 aromatic carbocycles. The summed E-state index contributed by atoms with van der Waals surface area (Å²) in [6.07, 6.45) is 4.21. The van der Waals surface area contributed by atoms with Crippen molar-refractivity contribution >= 4 is 23.2 Å². The zero-order valence-corrected chi connectivity index (χ0v) is 15.4. The minimum absolute atomic E-state index is 0.00722. The topological polar surface area (TPSA) is 88.2 Å². The maximum absolute atomic E-state index is 12.8. The van der Waals surface area contributed by atoms with Gasteiger partial charge in [-0.3, -0.25) is 19.7 Å². The molecule has 1 saturated carbocycles. The molecule has 0 radical (unpaired) electrons. The summed E-state index contributed by atoms with van der Waals surface area (Å²) >= 11 is 0. The first-order chi connectivity index (χ1) is 13.0. The zero-order chi connectivity index (χ0) is 19.0. The van der Waals surface area contributed by atoms with Crippen molar-refractivity contribution in [2.45, 2.75) is 32.1 Å². The van der Waals surface area contributed by atoms with E-state index in [1.165, 1.54) is 21.9 Å². The summed E-state index contributed by atoms with van der Waals surface area (Å²) in [4.78, 5) is 40.5. The van der Waals surface area contributed by atoms with Gasteiger partial charge in [0.05, 0.1) is 36.5 Å². The van der Waals surface area contributed by atoms with Gasteiger partial charge in [0.15, 0.2) is 6.67 Å². The van der Waals surface area contributed by atoms with Gasteiger partial charge in [-0.15, -0.1) is 0 Å². The van der Waals surface area contributed by atoms with Crippen LogP contribution in [0.25, 0.3) is 0 Å². The fourth-order valence-electron chi connectivity index (χ4n) is 4.71. The number of imide groups is 1. The molecule has 2 heterocycles. The lowest BCUT2D eigenvalue weighted by molar-refractivity contribution is -0.908. The smallest absolute Gasteiger partial charge is 0.269 e. The van der Waals surface area contributed by atoms with Gasteiger partial charge in [0, 0.05) is 24.2 Å². The molecule has 1 N–H and O–H groups in total. The molecule has 1 aromatic rings. The average molecular weight is 373 g/mol. The van der Waals surface area contributed by atoms with Gasteiger partial charge >= 0.3 is 0 Å². The van der Waals surface area contributed by atoms with Crippen molar-refractivity contribution in [1.29, 1.82) is 0 Å². The van der Waals surface area contributed by atoms with Crippen LogP contribution >= 0.6 is 0 Å². The highest BCUT2D eigenvalue weighted by Gasteiger charge is 2.53. The first-order valence-corrected chi connectivity index (χ1v) is 9.66. The van der Waals surface area contributed by atoms with Crippen molar-refractivity contribution < 1.29 is 19.4 Å². The Labute approximate surface area is 157 Å². The van der Waals surface area contributed by atoms with Crippen LogP contribution in [-0.2, 0) is 9.59 Å². The first kappa shape index (κ1) is 17.9. The highest BCUT2D eigenvalue weighted by Crippen LogP contribution is 2.46. The quantitative estimate of drug-likeness (QED) is 0.474. The number of amides is 2. The zero-order valence-electron chi connectivity index (χ0n) is 15.4. The highest BCUT2D eigenvalue weighted by atomic mass is 16.6. The Hall–Kier alpha value is -2.48. The number of nitro benzene ring substituents is 1. The van der Waals surface area contributed by atoms with E-state index in [1.54, 1.807) is 12.1 Å². The van der Waals surface area contributed by atoms with E-state index in [4.69, 9.17) is 0 Å². The summed E-state index contributed by atoms with van der Waals surface area (Å²) in [6.45, 7) is 3.73. The predicted octanol–water partition coefficient (Wildman–Crippen LogP) is 0.577. The second kappa shape index (κ2) is 6.92. The lowest BCUT2D eigenvalue weighted by Gasteiger charge is -2.35. The number of rotatable bonds is 4. The van der Waals surface area contributed by atoms with Crippen LogP contribution in [0.15, 0.2) is 24.3 Å². The lowest BCUT2D eigenvalue weighted by Crippen LogP contribution is -3.16. The molecule has 0 aromatic heterocycles. The third-order valence-corrected chi connectivity index (χ3v) is 6.33. The predicted molar refractivity (Wildman–Crippen MR) is 98.2 cm³/mol. The summed E-state index contributed by atoms with van der Waals surface area (Å²) in [7, 11) is 0. The van der Waals surface area contributed by atoms with E-state index in [2.05, 4.69) is 4.90 Å². The SMILES string of the molecule is O=C1CC2(CCCC2)C(=O)N1C[NH+]1CCN(c2ccc([N+](=O)[O-])cc2)CC1. The third kappa shape index (κ3) is 3.29. The molecule has 144 valence electrons. The number of anilines is 1. The molecular formula is C19H25N4O4+. The average Bonchev–Trinajstić information content (AvgIpc) is 3.23. The molecule has 2 saturated heterocycles. The molecule has 3 aliphatic rings. The van der Waals surface area contributed by atoms with Gasteiger partial charge < -0.3 is 9.80 Å². The van der Waals surface area contributed by atoms with Crippen molar-refractivity contribution in [2.75, 3.05) is 37.7 Å². The molecule has 27 heavy (non-hydrogen) atoms. The maximum Gasteiger partial charge on any atom is 0.269 e. The van der Waals surface area contributed by atoms with E-state index in [0.717, 1.165) is 57.5 Å². The Morgan fingerprint density at radius 2 is 1.70 bits per heavy atom. The van der Waals surface area contributed by atoms with E-state index in [-0.39, 0.29) is 17.5 Å². The van der Waals surface area contributed by atoms with Crippen molar-refractivity contribution in [3.8, 4) is 0 Å². The van der Waals surface area contributed by atoms with Crippen LogP contribution in [0.5, 0.6) is 0 Å². The van der Waals surface area contributed by atoms with Crippen molar-refractivity contribution in [1.82, 2.24) is 4.90 Å². The van der Waals surface area contributed by atoms with Gasteiger partial charge in [0.2, 0.25) is 11.8 Å². The molecule has 1 aliphatic carbocycles. The van der Waals surface area contributed by atoms with Crippen molar-refractivity contribution in [2.24, 2.45) is 5.41 Å². The number of likely N-dealkylation sites (tertiary alicyclic amines) is 1. The minimum Gasteiger partial charge on any atom is -0.360 e. The van der Waals surface area contributed by atoms with Gasteiger partial charge in [-0.1, -0.05) is 12.8 Å². The van der Waals surface area contributed by atoms with Crippen molar-refractivity contribution in [3.05, 3.63) is 34.4 Å². The molecule has 0 atom stereocenters. The first-order valence-electron chi connectivity index (χ1n) is 9.66. The number of quaternary nitrogens is 1. The number of carbonyl (C=O) groups excluding carboxylic acids is 2. The summed E-state index contributed by atoms with van der Waals surface area (Å²) in [6, 6.07) is 6.61. The van der Waals surface area contributed by atoms with Crippen LogP contribution in [0.2, 0.25) is 0 Å². The normalized spacial score (nSPS) is 22.8. The number of nitro groups is 1. The van der Waals surface area contributed by atoms with Crippen LogP contribution in [0.1, 0.15) is 32.1 Å². The van der Waals surface area contributed by atoms with Crippen LogP contribution in [-0.4, -0.2) is 54.5 Å². The van der Waals surface area contributed by atoms with Crippen LogP contribution < -0.4 is 9.80 Å². The van der Waals surface area contributed by atoms with E-state index >= 15 is 0 Å². The summed E-state index contributed by atoms with van der Waals surface area (Å²) in [5.74, 6) is 0.0440. The number of nitrogens with zero attached hydrogens (tertiary/aromatic N) is 3. The molecule has 0 bridgehead atoms. The molecule has 3 fully saturated rings. The van der Waals surface area contributed by atoms with Crippen LogP contribution in [0.3, 0.4) is 0 Å². The Balaban J connectivity index is 1.34. The standard InChI is InChI=1S/C19H24N4O4/c24-17-13-19(7-1-2-8-19)18(25)22(17)14-20-9-11-21(12-10-20)15-3-5-16(6-4-15)23(26)27/h3-6H,1-2,7-14H2/p+1. The number of piperazine rings is 1. The number of carbonyl (C=O) groups is 2. The van der Waals surface area contributed by atoms with E-state index in [1.807, 2.05) is 0 Å². The second-order valence-electron chi connectivity index (χ2n) is 7.96. The maximum atomic E-state index is 12.8. The second-order valence-corrected chi connectivity index (χ2v) is 7.96. The summed E-state index contributed by atoms with van der Waals surface area (Å²) in [5, 5.41) is 10.8. The van der Waals surface area contributed by atoms with E-state index in [0.29, 0.717) is 13.1 Å². The molecule has 0 unspecified atom stereocenters. The molecule has 2 aliphatic heterocycles. The Morgan fingerprint density at radius 1 is 1.07 bits per heavy atom. The Morgan fingerprint density at radius 3 is 2.30 bits per heavy atom. The van der Waals surface area contributed by atoms with Crippen LogP contribution in [0, 0.1) is 15.5 Å². The number of hydrogen-bond acceptors (Lipinski definition) is 5. The monoisotopic (exact) mass is 373 g/mol. The fraction of sp³-hybridized carbons (Fsp3) is 0.579. The minimum atomic E-state index is -0.396. The Kier molecular flexibility index (Phi) is 4.59. The number of hydrogen-bond donors (Lipinski definition) is 1. The van der Waals surface area contributed by atoms with Gasteiger partial charge in [0.25, 0.3) is 5.69 Å². The molecule has 1 spiro atoms. The number of benzene rings is 1. The molecule has 8 heteroatoms. The van der Waals surface area contributed by atoms with Crippen molar-refractivity contribution in [3.63, 3.8) is 0 Å². The number of nitrogens with one attached hydrogen (secondary N) is 1. The largest absolute Gasteiger partial charge is 0.360 e. The van der Waals surface area contributed by atoms with Gasteiger partial charge in [-0.25, -0.2) is 4.90 Å². The van der Waals surface area contributed by atoms with E-state index < -0.39 is 10.3 Å². The molecule has 4 rings (SSSR count). The van der Waals surface area contributed by atoms with Gasteiger partial charge in [-0.05, 0) is 25.0 Å². The molecular weight excluding hydrogens is 348 g/mol. The van der Waals surface area contributed by atoms with E-state index in [9.17, 15) is 19.7 Å². The fourth-order valence-corrected chi connectivity index (χ4v) is 4.71. The van der Waals surface area contributed by atoms with Crippen LogP contribution in [0.4, 0.5) is 11.4 Å². The highest BCUT2D eigenvalue weighted by molar-refractivity contribution is 6.05.